The summed E-state index contributed by atoms with van der Waals surface area (Å²) in [7, 11) is 0. The van der Waals surface area contributed by atoms with Gasteiger partial charge in [0.1, 0.15) is 0 Å². The number of carbonyl (C=O) groups excluding carboxylic acids is 1. The van der Waals surface area contributed by atoms with Gasteiger partial charge in [-0.25, -0.2) is 4.68 Å². The Morgan fingerprint density at radius 3 is 2.74 bits per heavy atom. The van der Waals surface area contributed by atoms with Gasteiger partial charge < -0.3 is 10.4 Å². The van der Waals surface area contributed by atoms with E-state index in [2.05, 4.69) is 27.8 Å². The Balaban J connectivity index is 2.05. The Kier molecular flexibility index (Phi) is 5.56. The molecule has 9 heteroatoms. The standard InChI is InChI=1S/C14H14ClN5O2S/c1-2-7-16-14(23)18-17-13(22)12-11(21)8-20(19-12)10-5-3-9(15)4-6-10/h2-6,8,21H,1,7H2,(H,17,22)(H2,16,18,23). The van der Waals surface area contributed by atoms with E-state index in [1.165, 1.54) is 10.9 Å². The molecule has 2 aromatic rings. The highest BCUT2D eigenvalue weighted by Crippen LogP contribution is 2.19. The third kappa shape index (κ3) is 4.44. The number of carbonyl (C=O) groups is 1. The molecule has 7 nitrogen and oxygen atoms in total. The van der Waals surface area contributed by atoms with Gasteiger partial charge in [-0.1, -0.05) is 17.7 Å². The topological polar surface area (TPSA) is 91.2 Å². The first-order valence-electron chi connectivity index (χ1n) is 6.51. The number of benzene rings is 1. The number of hydrazine groups is 1. The van der Waals surface area contributed by atoms with Gasteiger partial charge in [0.2, 0.25) is 0 Å². The normalized spacial score (nSPS) is 9.96. The lowest BCUT2D eigenvalue weighted by atomic mass is 10.3. The molecule has 0 saturated carbocycles. The monoisotopic (exact) mass is 351 g/mol. The zero-order valence-corrected chi connectivity index (χ0v) is 13.5. The maximum Gasteiger partial charge on any atom is 0.294 e. The largest absolute Gasteiger partial charge is 0.504 e. The Hall–Kier alpha value is -2.58. The maximum atomic E-state index is 12.0. The minimum absolute atomic E-state index is 0.140. The van der Waals surface area contributed by atoms with Crippen molar-refractivity contribution in [2.45, 2.75) is 0 Å². The Morgan fingerprint density at radius 1 is 1.39 bits per heavy atom. The predicted octanol–water partition coefficient (Wildman–Crippen LogP) is 1.53. The molecule has 1 aromatic heterocycles. The number of rotatable bonds is 4. The van der Waals surface area contributed by atoms with E-state index in [1.54, 1.807) is 30.3 Å². The molecule has 0 bridgehead atoms. The third-order valence-corrected chi connectivity index (χ3v) is 3.20. The Morgan fingerprint density at radius 2 is 2.09 bits per heavy atom. The number of nitrogens with one attached hydrogen (secondary N) is 3. The molecule has 0 saturated heterocycles. The molecule has 0 fully saturated rings. The van der Waals surface area contributed by atoms with Gasteiger partial charge in [-0.05, 0) is 36.5 Å². The van der Waals surface area contributed by atoms with Crippen LogP contribution < -0.4 is 16.2 Å². The van der Waals surface area contributed by atoms with E-state index in [1.807, 2.05) is 0 Å². The van der Waals surface area contributed by atoms with Crippen molar-refractivity contribution in [1.82, 2.24) is 25.9 Å². The van der Waals surface area contributed by atoms with Gasteiger partial charge in [0.15, 0.2) is 16.6 Å². The van der Waals surface area contributed by atoms with Crippen molar-refractivity contribution >= 4 is 34.8 Å². The van der Waals surface area contributed by atoms with Crippen LogP contribution in [0.1, 0.15) is 10.5 Å². The lowest BCUT2D eigenvalue weighted by molar-refractivity contribution is 0.0935. The summed E-state index contributed by atoms with van der Waals surface area (Å²) in [6.07, 6.45) is 2.95. The average molecular weight is 352 g/mol. The van der Waals surface area contributed by atoms with Crippen molar-refractivity contribution in [2.75, 3.05) is 6.54 Å². The van der Waals surface area contributed by atoms with E-state index >= 15 is 0 Å². The summed E-state index contributed by atoms with van der Waals surface area (Å²) < 4.78 is 1.37. The van der Waals surface area contributed by atoms with E-state index in [4.69, 9.17) is 23.8 Å². The number of aromatic nitrogens is 2. The highest BCUT2D eigenvalue weighted by Gasteiger charge is 2.17. The van der Waals surface area contributed by atoms with Crippen LogP contribution in [0.2, 0.25) is 5.02 Å². The minimum Gasteiger partial charge on any atom is -0.504 e. The van der Waals surface area contributed by atoms with Crippen LogP contribution in [-0.2, 0) is 0 Å². The van der Waals surface area contributed by atoms with E-state index in [0.29, 0.717) is 17.3 Å². The Bertz CT molecular complexity index is 729. The van der Waals surface area contributed by atoms with Crippen molar-refractivity contribution in [2.24, 2.45) is 0 Å². The Labute approximate surface area is 142 Å². The number of nitrogens with zero attached hydrogens (tertiary/aromatic N) is 2. The third-order valence-electron chi connectivity index (χ3n) is 2.70. The molecule has 1 amide bonds. The maximum absolute atomic E-state index is 12.0. The number of thiocarbonyl (C=S) groups is 1. The molecule has 1 aromatic carbocycles. The van der Waals surface area contributed by atoms with Gasteiger partial charge in [0.25, 0.3) is 5.91 Å². The van der Waals surface area contributed by atoms with Crippen LogP contribution in [0.3, 0.4) is 0 Å². The molecule has 23 heavy (non-hydrogen) atoms. The molecule has 4 N–H and O–H groups in total. The zero-order chi connectivity index (χ0) is 16.8. The van der Waals surface area contributed by atoms with Crippen LogP contribution in [0.5, 0.6) is 5.75 Å². The molecule has 2 rings (SSSR count). The first kappa shape index (κ1) is 16.8. The van der Waals surface area contributed by atoms with Crippen molar-refractivity contribution < 1.29 is 9.90 Å². The second kappa shape index (κ2) is 7.61. The highest BCUT2D eigenvalue weighted by molar-refractivity contribution is 7.80. The summed E-state index contributed by atoms with van der Waals surface area (Å²) in [6, 6.07) is 6.79. The SMILES string of the molecule is C=CCNC(=S)NNC(=O)c1nn(-c2ccc(Cl)cc2)cc1O. The van der Waals surface area contributed by atoms with Crippen molar-refractivity contribution in [1.29, 1.82) is 0 Å². The average Bonchev–Trinajstić information content (AvgIpc) is 2.93. The second-order valence-corrected chi connectivity index (χ2v) is 5.21. The van der Waals surface area contributed by atoms with Crippen LogP contribution in [0.15, 0.2) is 43.1 Å². The molecular formula is C14H14ClN5O2S. The molecule has 120 valence electrons. The van der Waals surface area contributed by atoms with E-state index in [0.717, 1.165) is 0 Å². The molecule has 0 radical (unpaired) electrons. The van der Waals surface area contributed by atoms with Crippen LogP contribution in [0, 0.1) is 0 Å². The number of halogens is 1. The molecule has 0 unspecified atom stereocenters. The van der Waals surface area contributed by atoms with Crippen molar-refractivity contribution in [3.05, 3.63) is 53.8 Å². The molecule has 0 atom stereocenters. The quantitative estimate of drug-likeness (QED) is 0.379. The minimum atomic E-state index is -0.627. The predicted molar refractivity (Wildman–Crippen MR) is 91.6 cm³/mol. The molecule has 0 aliphatic rings. The van der Waals surface area contributed by atoms with Gasteiger partial charge in [0.05, 0.1) is 11.9 Å². The van der Waals surface area contributed by atoms with Crippen LogP contribution in [0.25, 0.3) is 5.69 Å². The smallest absolute Gasteiger partial charge is 0.294 e. The first-order valence-corrected chi connectivity index (χ1v) is 7.29. The van der Waals surface area contributed by atoms with Gasteiger partial charge in [-0.15, -0.1) is 6.58 Å². The highest BCUT2D eigenvalue weighted by atomic mass is 35.5. The van der Waals surface area contributed by atoms with Crippen LogP contribution >= 0.6 is 23.8 Å². The van der Waals surface area contributed by atoms with Gasteiger partial charge in [-0.2, -0.15) is 5.10 Å². The van der Waals surface area contributed by atoms with E-state index in [9.17, 15) is 9.90 Å². The van der Waals surface area contributed by atoms with E-state index in [-0.39, 0.29) is 16.6 Å². The summed E-state index contributed by atoms with van der Waals surface area (Å²) >= 11 is 10.7. The van der Waals surface area contributed by atoms with Crippen LogP contribution in [0.4, 0.5) is 0 Å². The zero-order valence-electron chi connectivity index (χ0n) is 11.9. The summed E-state index contributed by atoms with van der Waals surface area (Å²) in [5.41, 5.74) is 5.35. The van der Waals surface area contributed by atoms with Gasteiger partial charge in [0, 0.05) is 11.6 Å². The molecule has 0 spiro atoms. The molecule has 0 aliphatic heterocycles. The molecule has 1 heterocycles. The number of aromatic hydroxyl groups is 1. The van der Waals surface area contributed by atoms with Crippen molar-refractivity contribution in [3.63, 3.8) is 0 Å². The second-order valence-electron chi connectivity index (χ2n) is 4.36. The number of hydrogen-bond donors (Lipinski definition) is 4. The lowest BCUT2D eigenvalue weighted by Crippen LogP contribution is -2.46. The fourth-order valence-electron chi connectivity index (χ4n) is 1.63. The fraction of sp³-hybridized carbons (Fsp3) is 0.0714. The lowest BCUT2D eigenvalue weighted by Gasteiger charge is -2.09. The number of amides is 1. The van der Waals surface area contributed by atoms with Gasteiger partial charge >= 0.3 is 0 Å². The molecule has 0 aliphatic carbocycles. The summed E-state index contributed by atoms with van der Waals surface area (Å²) in [5, 5.41) is 17.5. The summed E-state index contributed by atoms with van der Waals surface area (Å²) in [5.74, 6) is -0.887. The fourth-order valence-corrected chi connectivity index (χ4v) is 1.89. The molecular weight excluding hydrogens is 338 g/mol. The van der Waals surface area contributed by atoms with Crippen LogP contribution in [-0.4, -0.2) is 32.5 Å². The van der Waals surface area contributed by atoms with Gasteiger partial charge in [-0.3, -0.25) is 15.6 Å². The first-order chi connectivity index (χ1) is 11.0. The van der Waals surface area contributed by atoms with Crippen molar-refractivity contribution in [3.8, 4) is 11.4 Å². The summed E-state index contributed by atoms with van der Waals surface area (Å²) in [4.78, 5) is 12.0. The number of hydrogen-bond acceptors (Lipinski definition) is 4. The summed E-state index contributed by atoms with van der Waals surface area (Å²) in [6.45, 7) is 3.99. The van der Waals surface area contributed by atoms with E-state index < -0.39 is 5.91 Å².